The van der Waals surface area contributed by atoms with E-state index >= 15 is 0 Å². The summed E-state index contributed by atoms with van der Waals surface area (Å²) in [6.45, 7) is 6.30. The zero-order valence-corrected chi connectivity index (χ0v) is 8.24. The van der Waals surface area contributed by atoms with Crippen molar-refractivity contribution in [2.75, 3.05) is 0 Å². The molecule has 4 heteroatoms. The number of nitrogens with zero attached hydrogens (tertiary/aromatic N) is 2. The SMILES string of the molecule is CC(C)(C)Oc1nnccc1CN. The Hall–Kier alpha value is -1.16. The van der Waals surface area contributed by atoms with Crippen molar-refractivity contribution >= 4 is 0 Å². The smallest absolute Gasteiger partial charge is 0.238 e. The summed E-state index contributed by atoms with van der Waals surface area (Å²) in [7, 11) is 0. The molecule has 0 unspecified atom stereocenters. The molecule has 0 fully saturated rings. The van der Waals surface area contributed by atoms with Gasteiger partial charge in [0.2, 0.25) is 5.88 Å². The average molecular weight is 181 g/mol. The predicted molar refractivity (Wildman–Crippen MR) is 50.3 cm³/mol. The zero-order chi connectivity index (χ0) is 9.90. The number of rotatable bonds is 2. The van der Waals surface area contributed by atoms with E-state index in [1.54, 1.807) is 6.20 Å². The van der Waals surface area contributed by atoms with Crippen LogP contribution in [-0.4, -0.2) is 15.8 Å². The fourth-order valence-corrected chi connectivity index (χ4v) is 0.876. The molecule has 0 atom stereocenters. The highest BCUT2D eigenvalue weighted by molar-refractivity contribution is 5.23. The van der Waals surface area contributed by atoms with Crippen LogP contribution in [0.3, 0.4) is 0 Å². The second-order valence-electron chi connectivity index (χ2n) is 3.78. The molecule has 0 saturated heterocycles. The first kappa shape index (κ1) is 9.92. The van der Waals surface area contributed by atoms with Crippen molar-refractivity contribution in [3.63, 3.8) is 0 Å². The summed E-state index contributed by atoms with van der Waals surface area (Å²) in [4.78, 5) is 0. The lowest BCUT2D eigenvalue weighted by Crippen LogP contribution is -2.24. The lowest BCUT2D eigenvalue weighted by molar-refractivity contribution is 0.121. The Kier molecular flexibility index (Phi) is 2.83. The van der Waals surface area contributed by atoms with Gasteiger partial charge in [-0.1, -0.05) is 0 Å². The molecule has 0 amide bonds. The van der Waals surface area contributed by atoms with Crippen molar-refractivity contribution in [3.8, 4) is 5.88 Å². The minimum atomic E-state index is -0.264. The molecule has 1 aromatic heterocycles. The van der Waals surface area contributed by atoms with Crippen LogP contribution in [0.5, 0.6) is 5.88 Å². The van der Waals surface area contributed by atoms with Crippen LogP contribution in [0.1, 0.15) is 26.3 Å². The first-order valence-electron chi connectivity index (χ1n) is 4.22. The van der Waals surface area contributed by atoms with Gasteiger partial charge in [-0.3, -0.25) is 0 Å². The lowest BCUT2D eigenvalue weighted by Gasteiger charge is -2.21. The molecule has 4 nitrogen and oxygen atoms in total. The van der Waals surface area contributed by atoms with Gasteiger partial charge in [-0.25, -0.2) is 0 Å². The standard InChI is InChI=1S/C9H15N3O/c1-9(2,3)13-8-7(6-10)4-5-11-12-8/h4-5H,6,10H2,1-3H3. The summed E-state index contributed by atoms with van der Waals surface area (Å²) >= 11 is 0. The average Bonchev–Trinajstić information content (AvgIpc) is 2.02. The van der Waals surface area contributed by atoms with Gasteiger partial charge in [0.1, 0.15) is 5.60 Å². The van der Waals surface area contributed by atoms with E-state index < -0.39 is 0 Å². The van der Waals surface area contributed by atoms with Gasteiger partial charge in [-0.15, -0.1) is 5.10 Å². The van der Waals surface area contributed by atoms with Gasteiger partial charge >= 0.3 is 0 Å². The van der Waals surface area contributed by atoms with Gasteiger partial charge in [0.05, 0.1) is 6.20 Å². The maximum atomic E-state index is 5.57. The summed E-state index contributed by atoms with van der Waals surface area (Å²) < 4.78 is 5.57. The topological polar surface area (TPSA) is 61.0 Å². The highest BCUT2D eigenvalue weighted by atomic mass is 16.5. The quantitative estimate of drug-likeness (QED) is 0.742. The van der Waals surface area contributed by atoms with Crippen LogP contribution in [-0.2, 0) is 6.54 Å². The lowest BCUT2D eigenvalue weighted by atomic mass is 10.2. The molecule has 2 N–H and O–H groups in total. The first-order valence-corrected chi connectivity index (χ1v) is 4.22. The van der Waals surface area contributed by atoms with Crippen molar-refractivity contribution in [2.24, 2.45) is 5.73 Å². The van der Waals surface area contributed by atoms with Crippen LogP contribution in [0.25, 0.3) is 0 Å². The third kappa shape index (κ3) is 2.99. The molecule has 1 aromatic rings. The van der Waals surface area contributed by atoms with E-state index in [0.717, 1.165) is 5.56 Å². The number of aromatic nitrogens is 2. The zero-order valence-electron chi connectivity index (χ0n) is 8.24. The third-order valence-corrected chi connectivity index (χ3v) is 1.39. The van der Waals surface area contributed by atoms with E-state index in [-0.39, 0.29) is 5.60 Å². The number of nitrogens with two attached hydrogens (primary N) is 1. The molecule has 0 saturated carbocycles. The van der Waals surface area contributed by atoms with Crippen LogP contribution in [0, 0.1) is 0 Å². The van der Waals surface area contributed by atoms with Gasteiger partial charge in [0.15, 0.2) is 0 Å². The molecule has 0 radical (unpaired) electrons. The van der Waals surface area contributed by atoms with E-state index in [2.05, 4.69) is 10.2 Å². The van der Waals surface area contributed by atoms with E-state index in [0.29, 0.717) is 12.4 Å². The summed E-state index contributed by atoms with van der Waals surface area (Å²) in [5.41, 5.74) is 6.14. The van der Waals surface area contributed by atoms with Crippen LogP contribution >= 0.6 is 0 Å². The van der Waals surface area contributed by atoms with E-state index in [1.807, 2.05) is 26.8 Å². The van der Waals surface area contributed by atoms with Crippen molar-refractivity contribution in [1.29, 1.82) is 0 Å². The molecule has 72 valence electrons. The van der Waals surface area contributed by atoms with Crippen molar-refractivity contribution in [2.45, 2.75) is 32.9 Å². The maximum Gasteiger partial charge on any atom is 0.238 e. The van der Waals surface area contributed by atoms with Crippen LogP contribution in [0.2, 0.25) is 0 Å². The van der Waals surface area contributed by atoms with Gasteiger partial charge in [-0.05, 0) is 26.8 Å². The van der Waals surface area contributed by atoms with Gasteiger partial charge < -0.3 is 10.5 Å². The molecule has 0 bridgehead atoms. The molecule has 0 spiro atoms. The van der Waals surface area contributed by atoms with E-state index in [1.165, 1.54) is 0 Å². The van der Waals surface area contributed by atoms with Crippen molar-refractivity contribution < 1.29 is 4.74 Å². The molecule has 0 aromatic carbocycles. The summed E-state index contributed by atoms with van der Waals surface area (Å²) in [6, 6.07) is 1.81. The minimum Gasteiger partial charge on any atom is -0.471 e. The summed E-state index contributed by atoms with van der Waals surface area (Å²) in [6.07, 6.45) is 1.61. The highest BCUT2D eigenvalue weighted by Gasteiger charge is 2.15. The molecule has 0 aliphatic rings. The monoisotopic (exact) mass is 181 g/mol. The van der Waals surface area contributed by atoms with Gasteiger partial charge in [0, 0.05) is 12.1 Å². The van der Waals surface area contributed by atoms with Gasteiger partial charge in [0.25, 0.3) is 0 Å². The Morgan fingerprint density at radius 1 is 1.46 bits per heavy atom. The third-order valence-electron chi connectivity index (χ3n) is 1.39. The molecule has 1 rings (SSSR count). The Balaban J connectivity index is 2.87. The molecular formula is C9H15N3O. The second kappa shape index (κ2) is 3.70. The van der Waals surface area contributed by atoms with Crippen molar-refractivity contribution in [3.05, 3.63) is 17.8 Å². The van der Waals surface area contributed by atoms with Crippen LogP contribution < -0.4 is 10.5 Å². The number of hydrogen-bond donors (Lipinski definition) is 1. The Morgan fingerprint density at radius 3 is 2.69 bits per heavy atom. The van der Waals surface area contributed by atoms with Crippen LogP contribution in [0.4, 0.5) is 0 Å². The Morgan fingerprint density at radius 2 is 2.15 bits per heavy atom. The number of ether oxygens (including phenoxy) is 1. The summed E-state index contributed by atoms with van der Waals surface area (Å²) in [5, 5.41) is 7.63. The van der Waals surface area contributed by atoms with E-state index in [9.17, 15) is 0 Å². The largest absolute Gasteiger partial charge is 0.471 e. The molecule has 0 aliphatic carbocycles. The number of hydrogen-bond acceptors (Lipinski definition) is 4. The minimum absolute atomic E-state index is 0.264. The first-order chi connectivity index (χ1) is 6.03. The highest BCUT2D eigenvalue weighted by Crippen LogP contribution is 2.18. The molecule has 0 aliphatic heterocycles. The Labute approximate surface area is 78.1 Å². The Bertz CT molecular complexity index is 280. The fourth-order valence-electron chi connectivity index (χ4n) is 0.876. The maximum absolute atomic E-state index is 5.57. The summed E-state index contributed by atoms with van der Waals surface area (Å²) in [5.74, 6) is 0.525. The molecular weight excluding hydrogens is 166 g/mol. The van der Waals surface area contributed by atoms with E-state index in [4.69, 9.17) is 10.5 Å². The fraction of sp³-hybridized carbons (Fsp3) is 0.556. The normalized spacial score (nSPS) is 11.4. The predicted octanol–water partition coefficient (Wildman–Crippen LogP) is 1.11. The van der Waals surface area contributed by atoms with Crippen LogP contribution in [0.15, 0.2) is 12.3 Å². The molecule has 1 heterocycles. The molecule has 13 heavy (non-hydrogen) atoms. The van der Waals surface area contributed by atoms with Gasteiger partial charge in [-0.2, -0.15) is 5.10 Å². The second-order valence-corrected chi connectivity index (χ2v) is 3.78. The van der Waals surface area contributed by atoms with Crippen molar-refractivity contribution in [1.82, 2.24) is 10.2 Å².